The third kappa shape index (κ3) is 5.40. The summed E-state index contributed by atoms with van der Waals surface area (Å²) < 4.78 is 0. The number of allylic oxidation sites excluding steroid dienone is 1. The third-order valence-electron chi connectivity index (χ3n) is 4.19. The summed E-state index contributed by atoms with van der Waals surface area (Å²) in [6.45, 7) is 4.24. The maximum absolute atomic E-state index is 11.4. The number of aliphatic carboxylic acids is 1. The van der Waals surface area contributed by atoms with E-state index in [0.717, 1.165) is 28.8 Å². The van der Waals surface area contributed by atoms with Crippen molar-refractivity contribution in [2.45, 2.75) is 26.3 Å². The molecule has 25 heavy (non-hydrogen) atoms. The van der Waals surface area contributed by atoms with E-state index in [1.165, 1.54) is 0 Å². The monoisotopic (exact) mass is 355 g/mol. The third-order valence-corrected chi connectivity index (χ3v) is 4.55. The second-order valence-corrected chi connectivity index (χ2v) is 6.50. The topological polar surface area (TPSA) is 49.3 Å². The Kier molecular flexibility index (Phi) is 7.14. The van der Waals surface area contributed by atoms with Gasteiger partial charge in [-0.15, -0.1) is 0 Å². The fraction of sp³-hybridized carbons (Fsp3) is 0.286. The van der Waals surface area contributed by atoms with Crippen molar-refractivity contribution in [2.24, 2.45) is 5.92 Å². The molecule has 2 atom stereocenters. The first-order valence-electron chi connectivity index (χ1n) is 8.53. The molecule has 0 aliphatic rings. The molecule has 0 saturated carbocycles. The van der Waals surface area contributed by atoms with Gasteiger partial charge in [0.25, 0.3) is 0 Å². The molecule has 132 valence electrons. The van der Waals surface area contributed by atoms with Gasteiger partial charge in [-0.1, -0.05) is 74.9 Å². The van der Waals surface area contributed by atoms with Crippen LogP contribution >= 0.6 is 12.6 Å². The molecule has 0 aliphatic heterocycles. The summed E-state index contributed by atoms with van der Waals surface area (Å²) in [5.74, 6) is -0.326. The van der Waals surface area contributed by atoms with Crippen molar-refractivity contribution in [1.82, 2.24) is 5.32 Å². The molecule has 2 rings (SSSR count). The molecular weight excluding hydrogens is 330 g/mol. The predicted molar refractivity (Wildman–Crippen MR) is 108 cm³/mol. The van der Waals surface area contributed by atoms with Gasteiger partial charge in [0.2, 0.25) is 0 Å². The molecule has 0 aromatic heterocycles. The Labute approximate surface area is 155 Å². The van der Waals surface area contributed by atoms with E-state index in [1.54, 1.807) is 0 Å². The molecule has 0 aliphatic carbocycles. The van der Waals surface area contributed by atoms with Crippen LogP contribution in [-0.2, 0) is 4.79 Å². The highest BCUT2D eigenvalue weighted by molar-refractivity contribution is 7.80. The molecule has 0 heterocycles. The Bertz CT molecular complexity index is 728. The van der Waals surface area contributed by atoms with Gasteiger partial charge in [-0.05, 0) is 28.7 Å². The highest BCUT2D eigenvalue weighted by Crippen LogP contribution is 2.24. The van der Waals surface area contributed by atoms with Gasteiger partial charge in [-0.25, -0.2) is 4.79 Å². The van der Waals surface area contributed by atoms with E-state index in [1.807, 2.05) is 30.3 Å². The Balaban J connectivity index is 2.40. The van der Waals surface area contributed by atoms with Crippen LogP contribution in [0.4, 0.5) is 0 Å². The summed E-state index contributed by atoms with van der Waals surface area (Å²) in [6, 6.07) is 17.6. The van der Waals surface area contributed by atoms with E-state index >= 15 is 0 Å². The lowest BCUT2D eigenvalue weighted by Crippen LogP contribution is -2.37. The van der Waals surface area contributed by atoms with Crippen LogP contribution in [0, 0.1) is 5.92 Å². The summed E-state index contributed by atoms with van der Waals surface area (Å²) in [5, 5.41) is 12.5. The molecule has 2 aromatic carbocycles. The van der Waals surface area contributed by atoms with Gasteiger partial charge in [0.15, 0.2) is 0 Å². The van der Waals surface area contributed by atoms with Crippen molar-refractivity contribution in [3.8, 4) is 11.1 Å². The highest BCUT2D eigenvalue weighted by atomic mass is 32.1. The normalized spacial score (nSPS) is 14.0. The van der Waals surface area contributed by atoms with Crippen LogP contribution in [0.15, 0.2) is 60.7 Å². The Morgan fingerprint density at radius 3 is 2.44 bits per heavy atom. The minimum atomic E-state index is -0.899. The number of carboxylic acid groups (broad SMARTS) is 1. The molecular formula is C21H25NO2S. The van der Waals surface area contributed by atoms with Crippen molar-refractivity contribution in [3.05, 3.63) is 66.2 Å². The summed E-state index contributed by atoms with van der Waals surface area (Å²) in [5.41, 5.74) is 4.06. The summed E-state index contributed by atoms with van der Waals surface area (Å²) in [6.07, 6.45) is 3.09. The molecule has 2 N–H and O–H groups in total. The number of thiol groups is 1. The SMILES string of the molecule is CCC(C)C=C(N[C@@H](CS)C(=O)O)c1cccc(-c2ccccc2)c1. The summed E-state index contributed by atoms with van der Waals surface area (Å²) in [4.78, 5) is 11.4. The largest absolute Gasteiger partial charge is 0.480 e. The summed E-state index contributed by atoms with van der Waals surface area (Å²) >= 11 is 4.16. The lowest BCUT2D eigenvalue weighted by atomic mass is 9.99. The molecule has 1 unspecified atom stereocenters. The van der Waals surface area contributed by atoms with E-state index in [9.17, 15) is 9.90 Å². The highest BCUT2D eigenvalue weighted by Gasteiger charge is 2.17. The number of rotatable bonds is 8. The maximum atomic E-state index is 11.4. The van der Waals surface area contributed by atoms with Crippen molar-refractivity contribution in [1.29, 1.82) is 0 Å². The first-order valence-corrected chi connectivity index (χ1v) is 9.16. The number of carboxylic acids is 1. The van der Waals surface area contributed by atoms with Crippen LogP contribution in [0.1, 0.15) is 25.8 Å². The van der Waals surface area contributed by atoms with Gasteiger partial charge in [0.1, 0.15) is 6.04 Å². The minimum absolute atomic E-state index is 0.228. The van der Waals surface area contributed by atoms with Crippen molar-refractivity contribution in [3.63, 3.8) is 0 Å². The van der Waals surface area contributed by atoms with Crippen molar-refractivity contribution >= 4 is 24.3 Å². The van der Waals surface area contributed by atoms with Crippen LogP contribution in [0.3, 0.4) is 0 Å². The van der Waals surface area contributed by atoms with E-state index in [0.29, 0.717) is 5.92 Å². The lowest BCUT2D eigenvalue weighted by molar-refractivity contribution is -0.138. The van der Waals surface area contributed by atoms with Gasteiger partial charge < -0.3 is 10.4 Å². The average molecular weight is 356 g/mol. The minimum Gasteiger partial charge on any atom is -0.480 e. The second-order valence-electron chi connectivity index (χ2n) is 6.13. The van der Waals surface area contributed by atoms with Gasteiger partial charge in [0, 0.05) is 11.4 Å². The zero-order valence-electron chi connectivity index (χ0n) is 14.6. The zero-order chi connectivity index (χ0) is 18.2. The smallest absolute Gasteiger partial charge is 0.326 e. The molecule has 0 fully saturated rings. The van der Waals surface area contributed by atoms with Crippen molar-refractivity contribution < 1.29 is 9.90 Å². The Morgan fingerprint density at radius 1 is 1.16 bits per heavy atom. The van der Waals surface area contributed by atoms with Gasteiger partial charge in [-0.3, -0.25) is 0 Å². The first kappa shape index (κ1) is 19.1. The lowest BCUT2D eigenvalue weighted by Gasteiger charge is -2.19. The molecule has 0 radical (unpaired) electrons. The molecule has 3 nitrogen and oxygen atoms in total. The average Bonchev–Trinajstić information content (AvgIpc) is 2.65. The van der Waals surface area contributed by atoms with E-state index in [-0.39, 0.29) is 5.75 Å². The second kappa shape index (κ2) is 9.33. The van der Waals surface area contributed by atoms with Crippen molar-refractivity contribution in [2.75, 3.05) is 5.75 Å². The molecule has 0 bridgehead atoms. The van der Waals surface area contributed by atoms with Gasteiger partial charge >= 0.3 is 5.97 Å². The number of hydrogen-bond acceptors (Lipinski definition) is 3. The quantitative estimate of drug-likeness (QED) is 0.601. The van der Waals surface area contributed by atoms with Gasteiger partial charge in [-0.2, -0.15) is 12.6 Å². The van der Waals surface area contributed by atoms with Crippen LogP contribution in [0.2, 0.25) is 0 Å². The number of carbonyl (C=O) groups is 1. The molecule has 0 spiro atoms. The fourth-order valence-corrected chi connectivity index (χ4v) is 2.75. The van der Waals surface area contributed by atoms with Crippen LogP contribution in [0.25, 0.3) is 16.8 Å². The predicted octanol–water partition coefficient (Wildman–Crippen LogP) is 4.71. The zero-order valence-corrected chi connectivity index (χ0v) is 15.5. The van der Waals surface area contributed by atoms with Gasteiger partial charge in [0.05, 0.1) is 0 Å². The van der Waals surface area contributed by atoms with E-state index < -0.39 is 12.0 Å². The maximum Gasteiger partial charge on any atom is 0.326 e. The molecule has 0 amide bonds. The Hall–Kier alpha value is -2.20. The molecule has 0 saturated heterocycles. The Morgan fingerprint density at radius 2 is 1.84 bits per heavy atom. The van der Waals surface area contributed by atoms with Crippen LogP contribution in [0.5, 0.6) is 0 Å². The molecule has 2 aromatic rings. The summed E-state index contributed by atoms with van der Waals surface area (Å²) in [7, 11) is 0. The number of hydrogen-bond donors (Lipinski definition) is 3. The van der Waals surface area contributed by atoms with E-state index in [2.05, 4.69) is 62.1 Å². The van der Waals surface area contributed by atoms with Crippen LogP contribution < -0.4 is 5.32 Å². The molecule has 4 heteroatoms. The van der Waals surface area contributed by atoms with Crippen LogP contribution in [-0.4, -0.2) is 22.9 Å². The number of benzene rings is 2. The standard InChI is InChI=1S/C21H25NO2S/c1-3-15(2)12-19(22-20(14-25)21(23)24)18-11-7-10-17(13-18)16-8-5-4-6-9-16/h4-13,15,20,22,25H,3,14H2,1-2H3,(H,23,24)/t15?,20-/m0/s1. The van der Waals surface area contributed by atoms with E-state index in [4.69, 9.17) is 0 Å². The first-order chi connectivity index (χ1) is 12.0. The number of nitrogens with one attached hydrogen (secondary N) is 1. The fourth-order valence-electron chi connectivity index (χ4n) is 2.50.